The third-order valence-electron chi connectivity index (χ3n) is 11.3. The molecule has 8 rings (SSSR count). The molecule has 0 spiro atoms. The molecule has 0 aliphatic carbocycles. The summed E-state index contributed by atoms with van der Waals surface area (Å²) >= 11 is 7.89. The number of piperidine rings is 1. The molecular formula is C42H43ClN10O6S. The fourth-order valence-electron chi connectivity index (χ4n) is 8.03. The Morgan fingerprint density at radius 2 is 1.70 bits per heavy atom. The van der Waals surface area contributed by atoms with Gasteiger partial charge in [-0.05, 0) is 69.9 Å². The maximum atomic E-state index is 14.1. The lowest BCUT2D eigenvalue weighted by Gasteiger charge is -2.35. The number of piperazine rings is 1. The SMILES string of the molecule is C=C(C(=O)N1CCN(NC(=O)CCCCNc2cccc3c2C(=O)N(C2CCC(=O)NC2=O)C3=O)CC1)[C@@H]1N=C(c2ccc(Cl)cc2)c2c(sc(C)c2C)-n2c(C)nnc21. The first-order chi connectivity index (χ1) is 28.8. The summed E-state index contributed by atoms with van der Waals surface area (Å²) in [7, 11) is 0. The van der Waals surface area contributed by atoms with Crippen molar-refractivity contribution in [3.63, 3.8) is 0 Å². The summed E-state index contributed by atoms with van der Waals surface area (Å²) in [5.74, 6) is -1.45. The molecule has 4 aliphatic heterocycles. The van der Waals surface area contributed by atoms with Gasteiger partial charge in [-0.15, -0.1) is 21.5 Å². The number of amides is 6. The van der Waals surface area contributed by atoms with Gasteiger partial charge in [-0.2, -0.15) is 0 Å². The number of nitrogens with one attached hydrogen (secondary N) is 3. The van der Waals surface area contributed by atoms with Gasteiger partial charge in [0.25, 0.3) is 17.7 Å². The number of aromatic nitrogens is 3. The second-order valence-electron chi connectivity index (χ2n) is 15.2. The van der Waals surface area contributed by atoms with E-state index in [2.05, 4.69) is 46.7 Å². The van der Waals surface area contributed by atoms with Crippen molar-refractivity contribution in [3.05, 3.63) is 104 Å². The van der Waals surface area contributed by atoms with Crippen LogP contribution in [0.25, 0.3) is 5.00 Å². The first-order valence-corrected chi connectivity index (χ1v) is 21.0. The average molecular weight is 851 g/mol. The van der Waals surface area contributed by atoms with Gasteiger partial charge < -0.3 is 10.2 Å². The van der Waals surface area contributed by atoms with E-state index in [0.29, 0.717) is 67.9 Å². The number of carbonyl (C=O) groups is 6. The number of hydrogen-bond acceptors (Lipinski definition) is 12. The van der Waals surface area contributed by atoms with Gasteiger partial charge in [0, 0.05) is 77.9 Å². The summed E-state index contributed by atoms with van der Waals surface area (Å²) in [6.45, 7) is 12.3. The standard InChI is InChI=1S/C42H43ClN10O6S/c1-22-24(3)60-42-33(22)36(26-11-13-27(43)14-12-26)46-35(37-48-47-25(4)52(37)42)23(2)39(57)50-18-20-51(21-19-50)49-32(55)10-5-6-17-44-29-9-7-8-28-34(29)41(59)53(40(28)58)30-15-16-31(54)45-38(30)56/h7-9,11-14,30,35,44H,2,5-6,10,15-21H2,1,3-4H3,(H,49,55)(H,45,54,56)/t30?,35-/m0/s1. The molecule has 2 fully saturated rings. The monoisotopic (exact) mass is 850 g/mol. The van der Waals surface area contributed by atoms with E-state index >= 15 is 0 Å². The van der Waals surface area contributed by atoms with Crippen LogP contribution >= 0.6 is 22.9 Å². The smallest absolute Gasteiger partial charge is 0.264 e. The van der Waals surface area contributed by atoms with Gasteiger partial charge in [0.2, 0.25) is 17.7 Å². The van der Waals surface area contributed by atoms with Crippen LogP contribution < -0.4 is 16.1 Å². The maximum Gasteiger partial charge on any atom is 0.264 e. The van der Waals surface area contributed by atoms with Crippen molar-refractivity contribution < 1.29 is 28.8 Å². The molecular weight excluding hydrogens is 808 g/mol. The number of benzene rings is 2. The van der Waals surface area contributed by atoms with E-state index in [1.807, 2.05) is 40.8 Å². The minimum absolute atomic E-state index is 0.0432. The molecule has 0 saturated carbocycles. The molecule has 2 atom stereocenters. The number of fused-ring (bicyclic) bond motifs is 4. The second-order valence-corrected chi connectivity index (χ2v) is 16.8. The highest BCUT2D eigenvalue weighted by atomic mass is 35.5. The van der Waals surface area contributed by atoms with Crippen LogP contribution in [0, 0.1) is 20.8 Å². The number of thiophene rings is 1. The van der Waals surface area contributed by atoms with E-state index in [1.165, 1.54) is 0 Å². The molecule has 4 aliphatic rings. The van der Waals surface area contributed by atoms with Crippen LogP contribution in [0.1, 0.15) is 92.1 Å². The quantitative estimate of drug-likeness (QED) is 0.112. The van der Waals surface area contributed by atoms with Crippen molar-refractivity contribution in [1.29, 1.82) is 0 Å². The summed E-state index contributed by atoms with van der Waals surface area (Å²) in [4.78, 5) is 86.6. The lowest BCUT2D eigenvalue weighted by atomic mass is 9.99. The molecule has 0 radical (unpaired) electrons. The lowest BCUT2D eigenvalue weighted by Crippen LogP contribution is -2.55. The average Bonchev–Trinajstić information content (AvgIpc) is 3.80. The number of rotatable bonds is 11. The molecule has 6 heterocycles. The summed E-state index contributed by atoms with van der Waals surface area (Å²) in [5, 5.41) is 17.7. The molecule has 0 bridgehead atoms. The fraction of sp³-hybridized carbons (Fsp3) is 0.357. The fourth-order valence-corrected chi connectivity index (χ4v) is 9.37. The van der Waals surface area contributed by atoms with Gasteiger partial charge in [-0.1, -0.05) is 36.4 Å². The molecule has 16 nitrogen and oxygen atoms in total. The molecule has 310 valence electrons. The topological polar surface area (TPSA) is 191 Å². The Hall–Kier alpha value is -6.04. The number of hydrazine groups is 1. The number of anilines is 1. The van der Waals surface area contributed by atoms with E-state index in [1.54, 1.807) is 34.4 Å². The van der Waals surface area contributed by atoms with Gasteiger partial charge >= 0.3 is 0 Å². The lowest BCUT2D eigenvalue weighted by molar-refractivity contribution is -0.136. The number of unbranched alkanes of at least 4 members (excludes halogenated alkanes) is 1. The Morgan fingerprint density at radius 1 is 0.950 bits per heavy atom. The van der Waals surface area contributed by atoms with Gasteiger partial charge in [0.05, 0.1) is 16.8 Å². The molecule has 3 N–H and O–H groups in total. The highest BCUT2D eigenvalue weighted by Gasteiger charge is 2.45. The second kappa shape index (κ2) is 16.5. The van der Waals surface area contributed by atoms with Gasteiger partial charge in [-0.3, -0.25) is 54.0 Å². The van der Waals surface area contributed by atoms with Gasteiger partial charge in [0.1, 0.15) is 22.9 Å². The van der Waals surface area contributed by atoms with Crippen LogP contribution in [-0.2, 0) is 19.2 Å². The summed E-state index contributed by atoms with van der Waals surface area (Å²) < 4.78 is 1.98. The predicted octanol–water partition coefficient (Wildman–Crippen LogP) is 4.21. The van der Waals surface area contributed by atoms with Crippen molar-refractivity contribution in [2.24, 2.45) is 4.99 Å². The molecule has 2 aromatic carbocycles. The van der Waals surface area contributed by atoms with Gasteiger partial charge in [0.15, 0.2) is 5.82 Å². The number of aliphatic imine (C=N–C) groups is 1. The van der Waals surface area contributed by atoms with Crippen LogP contribution in [-0.4, -0.2) is 109 Å². The van der Waals surface area contributed by atoms with Crippen molar-refractivity contribution in [2.75, 3.05) is 38.0 Å². The van der Waals surface area contributed by atoms with Crippen molar-refractivity contribution in [2.45, 2.75) is 65.0 Å². The number of aryl methyl sites for hydroxylation is 2. The largest absolute Gasteiger partial charge is 0.384 e. The molecule has 4 aromatic rings. The van der Waals surface area contributed by atoms with Crippen molar-refractivity contribution in [1.82, 2.24) is 40.3 Å². The summed E-state index contributed by atoms with van der Waals surface area (Å²) in [6.07, 6.45) is 1.53. The predicted molar refractivity (Wildman–Crippen MR) is 224 cm³/mol. The normalized spacial score (nSPS) is 19.0. The molecule has 6 amide bonds. The van der Waals surface area contributed by atoms with Crippen LogP contribution in [0.5, 0.6) is 0 Å². The zero-order chi connectivity index (χ0) is 42.4. The van der Waals surface area contributed by atoms with E-state index < -0.39 is 35.7 Å². The van der Waals surface area contributed by atoms with E-state index in [0.717, 1.165) is 37.2 Å². The zero-order valence-corrected chi connectivity index (χ0v) is 34.9. The third-order valence-corrected chi connectivity index (χ3v) is 12.8. The molecule has 1 unspecified atom stereocenters. The Labute approximate surface area is 354 Å². The Morgan fingerprint density at radius 3 is 2.43 bits per heavy atom. The number of carbonyl (C=O) groups excluding carboxylic acids is 6. The van der Waals surface area contributed by atoms with E-state index in [4.69, 9.17) is 16.6 Å². The maximum absolute atomic E-state index is 14.1. The highest BCUT2D eigenvalue weighted by Crippen LogP contribution is 2.41. The van der Waals surface area contributed by atoms with Crippen molar-refractivity contribution >= 4 is 69.8 Å². The molecule has 2 saturated heterocycles. The van der Waals surface area contributed by atoms with Gasteiger partial charge in [-0.25, -0.2) is 5.01 Å². The first-order valence-electron chi connectivity index (χ1n) is 19.8. The number of hydrogen-bond donors (Lipinski definition) is 3. The molecule has 18 heteroatoms. The van der Waals surface area contributed by atoms with Crippen LogP contribution in [0.4, 0.5) is 5.69 Å². The zero-order valence-electron chi connectivity index (χ0n) is 33.3. The third kappa shape index (κ3) is 7.52. The van der Waals surface area contributed by atoms with Crippen molar-refractivity contribution in [3.8, 4) is 5.00 Å². The summed E-state index contributed by atoms with van der Waals surface area (Å²) in [6, 6.07) is 10.6. The minimum atomic E-state index is -1.04. The Bertz CT molecular complexity index is 2500. The molecule has 60 heavy (non-hydrogen) atoms. The van der Waals surface area contributed by atoms with Crippen LogP contribution in [0.2, 0.25) is 5.02 Å². The van der Waals surface area contributed by atoms with Crippen LogP contribution in [0.3, 0.4) is 0 Å². The van der Waals surface area contributed by atoms with Crippen LogP contribution in [0.15, 0.2) is 59.6 Å². The minimum Gasteiger partial charge on any atom is -0.384 e. The Kier molecular flexibility index (Phi) is 11.2. The summed E-state index contributed by atoms with van der Waals surface area (Å²) in [5.41, 5.74) is 7.71. The Balaban J connectivity index is 0.842. The number of imide groups is 2. The molecule has 2 aromatic heterocycles. The number of halogens is 1. The number of nitrogens with zero attached hydrogens (tertiary/aromatic N) is 7. The van der Waals surface area contributed by atoms with E-state index in [-0.39, 0.29) is 47.8 Å². The van der Waals surface area contributed by atoms with E-state index in [9.17, 15) is 28.8 Å². The first kappa shape index (κ1) is 40.7. The highest BCUT2D eigenvalue weighted by molar-refractivity contribution is 7.15.